The molecule has 0 aliphatic rings. The number of carbonyl (C=O) groups excluding carboxylic acids is 1. The van der Waals surface area contributed by atoms with Gasteiger partial charge in [-0.3, -0.25) is 0 Å². The number of rotatable bonds is 2. The molecule has 13 heavy (non-hydrogen) atoms. The summed E-state index contributed by atoms with van der Waals surface area (Å²) in [5, 5.41) is 9.11. The van der Waals surface area contributed by atoms with Crippen molar-refractivity contribution in [2.45, 2.75) is 5.85 Å². The molecule has 0 heterocycles. The summed E-state index contributed by atoms with van der Waals surface area (Å²) in [6.07, 6.45) is 0. The average Bonchev–Trinajstić information content (AvgIpc) is 2.18. The molecule has 0 aliphatic heterocycles. The Morgan fingerprint density at radius 3 is 2.46 bits per heavy atom. The molecule has 0 aromatic heterocycles. The van der Waals surface area contributed by atoms with E-state index in [0.717, 1.165) is 7.11 Å². The predicted octanol–water partition coefficient (Wildman–Crippen LogP) is 0.974. The molecule has 0 radical (unpaired) electrons. The predicted molar refractivity (Wildman–Crippen MR) is 43.5 cm³/mol. The molecule has 1 aromatic rings. The van der Waals surface area contributed by atoms with Gasteiger partial charge in [-0.1, -0.05) is 30.3 Å². The third kappa shape index (κ3) is 1.84. The zero-order chi connectivity index (χ0) is 9.90. The summed E-state index contributed by atoms with van der Waals surface area (Å²) in [4.78, 5) is 10.8. The highest BCUT2D eigenvalue weighted by molar-refractivity contribution is 5.78. The molecule has 4 heteroatoms. The van der Waals surface area contributed by atoms with Crippen LogP contribution in [0.3, 0.4) is 0 Å². The highest BCUT2D eigenvalue weighted by Gasteiger charge is 2.39. The molecule has 0 saturated heterocycles. The fourth-order valence-electron chi connectivity index (χ4n) is 0.912. The van der Waals surface area contributed by atoms with Gasteiger partial charge in [0.1, 0.15) is 0 Å². The third-order valence-electron chi connectivity index (χ3n) is 1.61. The topological polar surface area (TPSA) is 46.5 Å². The summed E-state index contributed by atoms with van der Waals surface area (Å²) in [7, 11) is 1.01. The van der Waals surface area contributed by atoms with Crippen LogP contribution in [-0.2, 0) is 15.4 Å². The molecule has 0 saturated carbocycles. The fourth-order valence-corrected chi connectivity index (χ4v) is 0.912. The summed E-state index contributed by atoms with van der Waals surface area (Å²) < 4.78 is 17.4. The van der Waals surface area contributed by atoms with E-state index in [0.29, 0.717) is 0 Å². The molecule has 0 fully saturated rings. The van der Waals surface area contributed by atoms with Gasteiger partial charge in [-0.05, 0) is 0 Å². The van der Waals surface area contributed by atoms with E-state index < -0.39 is 11.8 Å². The Labute approximate surface area is 74.8 Å². The van der Waals surface area contributed by atoms with Crippen molar-refractivity contribution in [2.24, 2.45) is 0 Å². The third-order valence-corrected chi connectivity index (χ3v) is 1.61. The highest BCUT2D eigenvalue weighted by Crippen LogP contribution is 2.23. The Morgan fingerprint density at radius 1 is 1.46 bits per heavy atom. The quantitative estimate of drug-likeness (QED) is 0.697. The van der Waals surface area contributed by atoms with Gasteiger partial charge >= 0.3 is 11.8 Å². The van der Waals surface area contributed by atoms with Gasteiger partial charge in [0.15, 0.2) is 0 Å². The van der Waals surface area contributed by atoms with Crippen molar-refractivity contribution in [3.05, 3.63) is 35.9 Å². The lowest BCUT2D eigenvalue weighted by Gasteiger charge is -2.15. The van der Waals surface area contributed by atoms with Crippen molar-refractivity contribution in [1.29, 1.82) is 0 Å². The molecule has 70 valence electrons. The number of carbonyl (C=O) groups is 1. The molecule has 1 aromatic carbocycles. The maximum absolute atomic E-state index is 13.3. The average molecular weight is 184 g/mol. The van der Waals surface area contributed by atoms with E-state index in [-0.39, 0.29) is 5.56 Å². The second-order valence-corrected chi connectivity index (χ2v) is 2.48. The van der Waals surface area contributed by atoms with Crippen LogP contribution in [0.15, 0.2) is 30.3 Å². The van der Waals surface area contributed by atoms with E-state index in [1.807, 2.05) is 0 Å². The summed E-state index contributed by atoms with van der Waals surface area (Å²) >= 11 is 0. The number of methoxy groups -OCH3 is 1. The van der Waals surface area contributed by atoms with Crippen LogP contribution < -0.4 is 0 Å². The van der Waals surface area contributed by atoms with Gasteiger partial charge in [-0.25, -0.2) is 4.79 Å². The zero-order valence-corrected chi connectivity index (χ0v) is 7.03. The monoisotopic (exact) mass is 184 g/mol. The van der Waals surface area contributed by atoms with Crippen molar-refractivity contribution in [3.8, 4) is 0 Å². The minimum atomic E-state index is -3.06. The number of esters is 1. The maximum atomic E-state index is 13.3. The lowest BCUT2D eigenvalue weighted by molar-refractivity contribution is -0.186. The number of ether oxygens (including phenoxy) is 1. The van der Waals surface area contributed by atoms with Crippen LogP contribution in [0, 0.1) is 0 Å². The van der Waals surface area contributed by atoms with Gasteiger partial charge in [-0.2, -0.15) is 4.39 Å². The largest absolute Gasteiger partial charge is 0.465 e. The van der Waals surface area contributed by atoms with Gasteiger partial charge in [-0.15, -0.1) is 0 Å². The van der Waals surface area contributed by atoms with E-state index in [4.69, 9.17) is 5.11 Å². The van der Waals surface area contributed by atoms with Crippen LogP contribution in [0.5, 0.6) is 0 Å². The lowest BCUT2D eigenvalue weighted by Crippen LogP contribution is -2.31. The van der Waals surface area contributed by atoms with Gasteiger partial charge in [0.2, 0.25) is 0 Å². The van der Waals surface area contributed by atoms with E-state index in [9.17, 15) is 9.18 Å². The number of benzene rings is 1. The second-order valence-electron chi connectivity index (χ2n) is 2.48. The van der Waals surface area contributed by atoms with Crippen LogP contribution in [0.25, 0.3) is 0 Å². The van der Waals surface area contributed by atoms with E-state index in [1.165, 1.54) is 24.3 Å². The summed E-state index contributed by atoms with van der Waals surface area (Å²) in [5.41, 5.74) is -0.137. The Hall–Kier alpha value is -1.42. The van der Waals surface area contributed by atoms with Gasteiger partial charge < -0.3 is 9.84 Å². The Kier molecular flexibility index (Phi) is 2.63. The summed E-state index contributed by atoms with van der Waals surface area (Å²) in [6.45, 7) is 0. The molecular weight excluding hydrogens is 175 g/mol. The van der Waals surface area contributed by atoms with Crippen LogP contribution in [0.1, 0.15) is 5.56 Å². The maximum Gasteiger partial charge on any atom is 0.376 e. The van der Waals surface area contributed by atoms with Gasteiger partial charge in [0.25, 0.3) is 0 Å². The Balaban J connectivity index is 3.00. The minimum Gasteiger partial charge on any atom is -0.465 e. The molecule has 0 amide bonds. The molecular formula is C9H9FO3. The Bertz CT molecular complexity index is 295. The summed E-state index contributed by atoms with van der Waals surface area (Å²) in [6, 6.07) is 7.29. The van der Waals surface area contributed by atoms with Crippen molar-refractivity contribution in [1.82, 2.24) is 0 Å². The lowest BCUT2D eigenvalue weighted by atomic mass is 10.1. The van der Waals surface area contributed by atoms with Crippen molar-refractivity contribution in [2.75, 3.05) is 7.11 Å². The molecule has 1 unspecified atom stereocenters. The standard InChI is InChI=1S/C9H9FO3/c1-13-8(11)9(10,12)7-5-3-2-4-6-7/h2-6,12H,1H3. The van der Waals surface area contributed by atoms with Crippen LogP contribution in [0.2, 0.25) is 0 Å². The van der Waals surface area contributed by atoms with Crippen LogP contribution in [-0.4, -0.2) is 18.2 Å². The molecule has 0 aliphatic carbocycles. The van der Waals surface area contributed by atoms with Crippen molar-refractivity contribution < 1.29 is 19.0 Å². The molecule has 1 N–H and O–H groups in total. The van der Waals surface area contributed by atoms with Crippen molar-refractivity contribution >= 4 is 5.97 Å². The number of aliphatic hydroxyl groups is 1. The fraction of sp³-hybridized carbons (Fsp3) is 0.222. The van der Waals surface area contributed by atoms with Gasteiger partial charge in [0.05, 0.1) is 7.11 Å². The highest BCUT2D eigenvalue weighted by atomic mass is 19.2. The number of hydrogen-bond acceptors (Lipinski definition) is 3. The molecule has 1 rings (SSSR count). The van der Waals surface area contributed by atoms with Crippen LogP contribution in [0.4, 0.5) is 4.39 Å². The molecule has 1 atom stereocenters. The first kappa shape index (κ1) is 9.67. The molecule has 3 nitrogen and oxygen atoms in total. The SMILES string of the molecule is COC(=O)C(O)(F)c1ccccc1. The van der Waals surface area contributed by atoms with Crippen LogP contribution >= 0.6 is 0 Å². The number of halogens is 1. The second kappa shape index (κ2) is 3.53. The first-order chi connectivity index (χ1) is 6.09. The number of alkyl halides is 1. The van der Waals surface area contributed by atoms with E-state index in [1.54, 1.807) is 6.07 Å². The molecule has 0 bridgehead atoms. The minimum absolute atomic E-state index is 0.137. The van der Waals surface area contributed by atoms with Gasteiger partial charge in [0, 0.05) is 5.56 Å². The molecule has 0 spiro atoms. The summed E-state index contributed by atoms with van der Waals surface area (Å²) in [5.74, 6) is -4.38. The Morgan fingerprint density at radius 2 is 2.00 bits per heavy atom. The normalized spacial score (nSPS) is 14.7. The van der Waals surface area contributed by atoms with Crippen molar-refractivity contribution in [3.63, 3.8) is 0 Å². The first-order valence-electron chi connectivity index (χ1n) is 3.64. The van der Waals surface area contributed by atoms with E-state index in [2.05, 4.69) is 4.74 Å². The van der Waals surface area contributed by atoms with E-state index >= 15 is 0 Å². The zero-order valence-electron chi connectivity index (χ0n) is 7.03. The smallest absolute Gasteiger partial charge is 0.376 e. The number of hydrogen-bond donors (Lipinski definition) is 1. The first-order valence-corrected chi connectivity index (χ1v) is 3.64.